The molecule has 2 aliphatic rings. The van der Waals surface area contributed by atoms with Gasteiger partial charge in [0, 0.05) is 13.2 Å². The monoisotopic (exact) mass is 293 g/mol. The Morgan fingerprint density at radius 1 is 1.10 bits per heavy atom. The summed E-state index contributed by atoms with van der Waals surface area (Å²) in [7, 11) is 0. The number of aromatic nitrogens is 2. The minimum Gasteiger partial charge on any atom is -0.367 e. The van der Waals surface area contributed by atoms with E-state index in [-0.39, 0.29) is 11.0 Å². The highest BCUT2D eigenvalue weighted by Crippen LogP contribution is 2.43. The fourth-order valence-corrected chi connectivity index (χ4v) is 4.01. The minimum atomic E-state index is -0.330. The van der Waals surface area contributed by atoms with Crippen molar-refractivity contribution in [3.05, 3.63) is 11.7 Å². The van der Waals surface area contributed by atoms with Crippen molar-refractivity contribution in [3.8, 4) is 0 Å². The number of hydrogen-bond acceptors (Lipinski definition) is 5. The van der Waals surface area contributed by atoms with E-state index in [1.54, 1.807) is 0 Å². The van der Waals surface area contributed by atoms with Crippen LogP contribution in [0.3, 0.4) is 0 Å². The maximum absolute atomic E-state index is 6.08. The second-order valence-corrected chi connectivity index (χ2v) is 6.60. The zero-order valence-corrected chi connectivity index (χ0v) is 13.1. The zero-order valence-electron chi connectivity index (χ0n) is 13.1. The van der Waals surface area contributed by atoms with Gasteiger partial charge in [-0.15, -0.1) is 0 Å². The Bertz CT molecular complexity index is 454. The van der Waals surface area contributed by atoms with E-state index in [0.717, 1.165) is 37.4 Å². The Labute approximate surface area is 126 Å². The van der Waals surface area contributed by atoms with Gasteiger partial charge < -0.3 is 15.0 Å². The second kappa shape index (κ2) is 6.05. The maximum Gasteiger partial charge on any atom is 0.234 e. The topological polar surface area (TPSA) is 74.2 Å². The van der Waals surface area contributed by atoms with Gasteiger partial charge in [-0.3, -0.25) is 0 Å². The van der Waals surface area contributed by atoms with Crippen LogP contribution in [-0.4, -0.2) is 23.3 Å². The third kappa shape index (κ3) is 2.61. The summed E-state index contributed by atoms with van der Waals surface area (Å²) >= 11 is 0. The van der Waals surface area contributed by atoms with E-state index in [1.807, 2.05) is 6.92 Å². The zero-order chi connectivity index (χ0) is 14.8. The van der Waals surface area contributed by atoms with Crippen LogP contribution in [0.25, 0.3) is 0 Å². The van der Waals surface area contributed by atoms with E-state index in [1.165, 1.54) is 32.1 Å². The number of ether oxygens (including phenoxy) is 1. The average molecular weight is 293 g/mol. The van der Waals surface area contributed by atoms with Gasteiger partial charge in [0.05, 0.1) is 5.41 Å². The molecule has 0 spiro atoms. The molecular weight excluding hydrogens is 266 g/mol. The van der Waals surface area contributed by atoms with Crippen molar-refractivity contribution in [2.45, 2.75) is 75.7 Å². The Hall–Kier alpha value is -0.940. The molecule has 5 nitrogen and oxygen atoms in total. The number of rotatable bonds is 5. The van der Waals surface area contributed by atoms with Crippen molar-refractivity contribution in [1.29, 1.82) is 0 Å². The van der Waals surface area contributed by atoms with Crippen LogP contribution in [-0.2, 0) is 15.8 Å². The Balaban J connectivity index is 1.88. The summed E-state index contributed by atoms with van der Waals surface area (Å²) in [4.78, 5) is 4.77. The molecule has 3 rings (SSSR count). The first-order valence-corrected chi connectivity index (χ1v) is 8.43. The van der Waals surface area contributed by atoms with Crippen molar-refractivity contribution in [2.75, 3.05) is 13.2 Å². The fraction of sp³-hybridized carbons (Fsp3) is 0.875. The lowest BCUT2D eigenvalue weighted by molar-refractivity contribution is -0.0777. The summed E-state index contributed by atoms with van der Waals surface area (Å²) < 4.78 is 11.7. The first-order chi connectivity index (χ1) is 10.2. The summed E-state index contributed by atoms with van der Waals surface area (Å²) in [5, 5.41) is 4.30. The van der Waals surface area contributed by atoms with Gasteiger partial charge in [0.2, 0.25) is 11.7 Å². The largest absolute Gasteiger partial charge is 0.367 e. The molecule has 0 radical (unpaired) electrons. The first-order valence-electron chi connectivity index (χ1n) is 8.43. The van der Waals surface area contributed by atoms with Crippen molar-refractivity contribution in [3.63, 3.8) is 0 Å². The number of nitrogens with two attached hydrogens (primary N) is 1. The lowest BCUT2D eigenvalue weighted by Crippen LogP contribution is -2.35. The molecule has 2 aliphatic carbocycles. The summed E-state index contributed by atoms with van der Waals surface area (Å²) in [6.45, 7) is 3.32. The number of nitrogens with zero attached hydrogens (tertiary/aromatic N) is 2. The standard InChI is InChI=1S/C16H27N3O2/c1-2-20-16(10-4-3-5-11-16)13-18-14(21-19-13)15(12-17)8-6-7-9-15/h2-12,17H2,1H3. The molecule has 1 aromatic rings. The second-order valence-electron chi connectivity index (χ2n) is 6.60. The molecule has 1 aromatic heterocycles. The summed E-state index contributed by atoms with van der Waals surface area (Å²) in [6, 6.07) is 0. The lowest BCUT2D eigenvalue weighted by Gasteiger charge is -2.34. The third-order valence-corrected chi connectivity index (χ3v) is 5.32. The molecule has 0 amide bonds. The Morgan fingerprint density at radius 3 is 2.38 bits per heavy atom. The molecule has 0 saturated heterocycles. The minimum absolute atomic E-state index is 0.0900. The first kappa shape index (κ1) is 15.0. The number of hydrogen-bond donors (Lipinski definition) is 1. The van der Waals surface area contributed by atoms with Crippen LogP contribution in [0.2, 0.25) is 0 Å². The molecule has 0 aliphatic heterocycles. The highest BCUT2D eigenvalue weighted by Gasteiger charge is 2.44. The van der Waals surface area contributed by atoms with Crippen LogP contribution in [0.15, 0.2) is 4.52 Å². The van der Waals surface area contributed by atoms with Crippen LogP contribution in [0.1, 0.15) is 76.4 Å². The van der Waals surface area contributed by atoms with E-state index in [9.17, 15) is 0 Å². The molecule has 2 fully saturated rings. The molecule has 0 unspecified atom stereocenters. The predicted octanol–water partition coefficient (Wildman–Crippen LogP) is 3.04. The van der Waals surface area contributed by atoms with E-state index in [0.29, 0.717) is 13.2 Å². The van der Waals surface area contributed by atoms with Gasteiger partial charge in [0.15, 0.2) is 0 Å². The van der Waals surface area contributed by atoms with E-state index >= 15 is 0 Å². The van der Waals surface area contributed by atoms with Crippen LogP contribution in [0.5, 0.6) is 0 Å². The van der Waals surface area contributed by atoms with E-state index in [2.05, 4.69) is 5.16 Å². The molecule has 2 N–H and O–H groups in total. The van der Waals surface area contributed by atoms with Gasteiger partial charge in [-0.05, 0) is 32.6 Å². The molecule has 0 atom stereocenters. The van der Waals surface area contributed by atoms with Crippen LogP contribution < -0.4 is 5.73 Å². The van der Waals surface area contributed by atoms with Gasteiger partial charge in [0.1, 0.15) is 5.60 Å². The highest BCUT2D eigenvalue weighted by atomic mass is 16.5. The Kier molecular flexibility index (Phi) is 4.31. The van der Waals surface area contributed by atoms with Crippen molar-refractivity contribution in [2.24, 2.45) is 5.73 Å². The molecule has 1 heterocycles. The normalized spacial score (nSPS) is 24.3. The maximum atomic E-state index is 6.08. The quantitative estimate of drug-likeness (QED) is 0.903. The smallest absolute Gasteiger partial charge is 0.234 e. The van der Waals surface area contributed by atoms with Crippen LogP contribution >= 0.6 is 0 Å². The van der Waals surface area contributed by atoms with Gasteiger partial charge in [-0.1, -0.05) is 37.3 Å². The molecule has 2 saturated carbocycles. The molecule has 5 heteroatoms. The molecule has 0 aromatic carbocycles. The van der Waals surface area contributed by atoms with Gasteiger partial charge in [0.25, 0.3) is 0 Å². The summed E-state index contributed by atoms with van der Waals surface area (Å²) in [6.07, 6.45) is 10.1. The van der Waals surface area contributed by atoms with Gasteiger partial charge in [-0.25, -0.2) is 0 Å². The summed E-state index contributed by atoms with van der Waals surface area (Å²) in [5.41, 5.74) is 5.60. The van der Waals surface area contributed by atoms with Crippen LogP contribution in [0, 0.1) is 0 Å². The van der Waals surface area contributed by atoms with Crippen molar-refractivity contribution >= 4 is 0 Å². The SMILES string of the molecule is CCOC1(c2noc(C3(CN)CCCC3)n2)CCCCC1. The summed E-state index contributed by atoms with van der Waals surface area (Å²) in [5.74, 6) is 1.49. The molecular formula is C16H27N3O2. The average Bonchev–Trinajstić information content (AvgIpc) is 3.19. The van der Waals surface area contributed by atoms with Crippen molar-refractivity contribution in [1.82, 2.24) is 10.1 Å². The van der Waals surface area contributed by atoms with Gasteiger partial charge in [-0.2, -0.15) is 4.98 Å². The lowest BCUT2D eigenvalue weighted by atomic mass is 9.83. The molecule has 118 valence electrons. The van der Waals surface area contributed by atoms with Crippen LogP contribution in [0.4, 0.5) is 0 Å². The van der Waals surface area contributed by atoms with E-state index in [4.69, 9.17) is 20.0 Å². The van der Waals surface area contributed by atoms with E-state index < -0.39 is 0 Å². The molecule has 21 heavy (non-hydrogen) atoms. The molecule has 0 bridgehead atoms. The third-order valence-electron chi connectivity index (χ3n) is 5.32. The Morgan fingerprint density at radius 2 is 1.76 bits per heavy atom. The van der Waals surface area contributed by atoms with Crippen molar-refractivity contribution < 1.29 is 9.26 Å². The highest BCUT2D eigenvalue weighted by molar-refractivity contribution is 5.12. The predicted molar refractivity (Wildman–Crippen MR) is 79.9 cm³/mol. The fourth-order valence-electron chi connectivity index (χ4n) is 4.01. The van der Waals surface area contributed by atoms with Gasteiger partial charge >= 0.3 is 0 Å².